The van der Waals surface area contributed by atoms with Crippen molar-refractivity contribution < 1.29 is 4.79 Å². The molecule has 0 bridgehead atoms. The molecule has 0 spiro atoms. The summed E-state index contributed by atoms with van der Waals surface area (Å²) < 4.78 is 0.874. The number of hydrogen-bond acceptors (Lipinski definition) is 1. The number of hydrogen-bond donors (Lipinski definition) is 0. The molecule has 1 aromatic carbocycles. The standard InChI is InChI=1S/C12H13BrClNO/c1-15(12(16)9-3-4-9)7-8-2-5-11(14)10(13)6-8/h2,5-6,9H,3-4,7H2,1H3. The molecule has 2 nitrogen and oxygen atoms in total. The van der Waals surface area contributed by atoms with Gasteiger partial charge in [0.05, 0.1) is 5.02 Å². The van der Waals surface area contributed by atoms with Gasteiger partial charge >= 0.3 is 0 Å². The Balaban J connectivity index is 2.02. The van der Waals surface area contributed by atoms with Gasteiger partial charge in [-0.25, -0.2) is 0 Å². The van der Waals surface area contributed by atoms with Crippen LogP contribution in [-0.2, 0) is 11.3 Å². The van der Waals surface area contributed by atoms with E-state index in [0.29, 0.717) is 11.6 Å². The lowest BCUT2D eigenvalue weighted by Crippen LogP contribution is -2.27. The molecule has 0 heterocycles. The number of halogens is 2. The van der Waals surface area contributed by atoms with Crippen LogP contribution in [0.5, 0.6) is 0 Å². The number of rotatable bonds is 3. The van der Waals surface area contributed by atoms with E-state index in [9.17, 15) is 4.79 Å². The summed E-state index contributed by atoms with van der Waals surface area (Å²) in [5.41, 5.74) is 1.09. The van der Waals surface area contributed by atoms with Gasteiger partial charge in [0, 0.05) is 24.0 Å². The highest BCUT2D eigenvalue weighted by molar-refractivity contribution is 9.10. The minimum atomic E-state index is 0.256. The van der Waals surface area contributed by atoms with E-state index >= 15 is 0 Å². The van der Waals surface area contributed by atoms with Crippen molar-refractivity contribution in [3.05, 3.63) is 33.3 Å². The molecule has 0 atom stereocenters. The van der Waals surface area contributed by atoms with Crippen LogP contribution in [0, 0.1) is 5.92 Å². The van der Waals surface area contributed by atoms with Crippen molar-refractivity contribution in [2.24, 2.45) is 5.92 Å². The van der Waals surface area contributed by atoms with Crippen LogP contribution in [0.15, 0.2) is 22.7 Å². The zero-order chi connectivity index (χ0) is 11.7. The van der Waals surface area contributed by atoms with E-state index < -0.39 is 0 Å². The number of benzene rings is 1. The Morgan fingerprint density at radius 2 is 2.25 bits per heavy atom. The van der Waals surface area contributed by atoms with Gasteiger partial charge < -0.3 is 4.90 Å². The summed E-state index contributed by atoms with van der Waals surface area (Å²) in [5, 5.41) is 0.694. The van der Waals surface area contributed by atoms with E-state index in [0.717, 1.165) is 22.9 Å². The molecule has 86 valence electrons. The highest BCUT2D eigenvalue weighted by atomic mass is 79.9. The zero-order valence-corrected chi connectivity index (χ0v) is 11.4. The Morgan fingerprint density at radius 1 is 1.56 bits per heavy atom. The highest BCUT2D eigenvalue weighted by Crippen LogP contribution is 2.31. The van der Waals surface area contributed by atoms with Crippen LogP contribution in [0.1, 0.15) is 18.4 Å². The molecule has 1 aromatic rings. The normalized spacial score (nSPS) is 14.9. The predicted molar refractivity (Wildman–Crippen MR) is 68.4 cm³/mol. The van der Waals surface area contributed by atoms with Crippen LogP contribution >= 0.6 is 27.5 Å². The van der Waals surface area contributed by atoms with Crippen LogP contribution in [0.3, 0.4) is 0 Å². The molecular weight excluding hydrogens is 289 g/mol. The Labute approximate surface area is 109 Å². The molecule has 1 amide bonds. The minimum absolute atomic E-state index is 0.256. The lowest BCUT2D eigenvalue weighted by Gasteiger charge is -2.17. The van der Waals surface area contributed by atoms with Gasteiger partial charge in [0.15, 0.2) is 0 Å². The van der Waals surface area contributed by atoms with Crippen molar-refractivity contribution in [2.45, 2.75) is 19.4 Å². The first-order valence-corrected chi connectivity index (χ1v) is 6.44. The third kappa shape index (κ3) is 2.77. The Kier molecular flexibility index (Phi) is 3.55. The van der Waals surface area contributed by atoms with Crippen LogP contribution in [0.25, 0.3) is 0 Å². The SMILES string of the molecule is CN(Cc1ccc(Cl)c(Br)c1)C(=O)C1CC1. The lowest BCUT2D eigenvalue weighted by molar-refractivity contribution is -0.131. The number of carbonyl (C=O) groups is 1. The molecule has 0 aliphatic heterocycles. The van der Waals surface area contributed by atoms with Crippen molar-refractivity contribution >= 4 is 33.4 Å². The average molecular weight is 303 g/mol. The van der Waals surface area contributed by atoms with Gasteiger partial charge in [-0.2, -0.15) is 0 Å². The van der Waals surface area contributed by atoms with E-state index in [1.807, 2.05) is 25.2 Å². The van der Waals surface area contributed by atoms with Gasteiger partial charge in [0.25, 0.3) is 0 Å². The van der Waals surface area contributed by atoms with E-state index in [1.165, 1.54) is 0 Å². The van der Waals surface area contributed by atoms with E-state index in [2.05, 4.69) is 15.9 Å². The second-order valence-corrected chi connectivity index (χ2v) is 5.48. The summed E-state index contributed by atoms with van der Waals surface area (Å²) >= 11 is 9.29. The molecule has 2 rings (SSSR count). The highest BCUT2D eigenvalue weighted by Gasteiger charge is 2.31. The second kappa shape index (κ2) is 4.76. The summed E-state index contributed by atoms with van der Waals surface area (Å²) in [6.07, 6.45) is 2.10. The van der Waals surface area contributed by atoms with Crippen LogP contribution in [0.4, 0.5) is 0 Å². The van der Waals surface area contributed by atoms with Crippen molar-refractivity contribution in [3.63, 3.8) is 0 Å². The first kappa shape index (κ1) is 11.9. The van der Waals surface area contributed by atoms with Gasteiger partial charge in [0.1, 0.15) is 0 Å². The monoisotopic (exact) mass is 301 g/mol. The smallest absolute Gasteiger partial charge is 0.225 e. The summed E-state index contributed by atoms with van der Waals surface area (Å²) in [7, 11) is 1.85. The Hall–Kier alpha value is -0.540. The molecule has 0 saturated heterocycles. The first-order valence-electron chi connectivity index (χ1n) is 5.27. The average Bonchev–Trinajstić information content (AvgIpc) is 3.06. The molecule has 1 fully saturated rings. The van der Waals surface area contributed by atoms with Gasteiger partial charge in [-0.15, -0.1) is 0 Å². The molecule has 0 radical (unpaired) electrons. The maximum atomic E-state index is 11.7. The third-order valence-electron chi connectivity index (χ3n) is 2.71. The van der Waals surface area contributed by atoms with Crippen molar-refractivity contribution in [1.29, 1.82) is 0 Å². The van der Waals surface area contributed by atoms with Crippen LogP contribution in [0.2, 0.25) is 5.02 Å². The molecule has 4 heteroatoms. The summed E-state index contributed by atoms with van der Waals surface area (Å²) in [6.45, 7) is 0.644. The maximum Gasteiger partial charge on any atom is 0.225 e. The van der Waals surface area contributed by atoms with Gasteiger partial charge in [-0.05, 0) is 46.5 Å². The number of nitrogens with zero attached hydrogens (tertiary/aromatic N) is 1. The largest absolute Gasteiger partial charge is 0.341 e. The van der Waals surface area contributed by atoms with Gasteiger partial charge in [-0.1, -0.05) is 17.7 Å². The molecule has 0 aromatic heterocycles. The van der Waals surface area contributed by atoms with E-state index in [4.69, 9.17) is 11.6 Å². The van der Waals surface area contributed by atoms with E-state index in [1.54, 1.807) is 4.90 Å². The fraction of sp³-hybridized carbons (Fsp3) is 0.417. The maximum absolute atomic E-state index is 11.7. The summed E-state index contributed by atoms with van der Waals surface area (Å²) in [5.74, 6) is 0.534. The van der Waals surface area contributed by atoms with Crippen molar-refractivity contribution in [1.82, 2.24) is 4.90 Å². The predicted octanol–water partition coefficient (Wildman–Crippen LogP) is 3.47. The third-order valence-corrected chi connectivity index (χ3v) is 3.92. The lowest BCUT2D eigenvalue weighted by atomic mass is 10.2. The Bertz CT molecular complexity index is 417. The van der Waals surface area contributed by atoms with Crippen LogP contribution in [-0.4, -0.2) is 17.9 Å². The first-order chi connectivity index (χ1) is 7.58. The molecule has 0 N–H and O–H groups in total. The van der Waals surface area contributed by atoms with E-state index in [-0.39, 0.29) is 11.8 Å². The van der Waals surface area contributed by atoms with Crippen molar-refractivity contribution in [3.8, 4) is 0 Å². The number of carbonyl (C=O) groups excluding carboxylic acids is 1. The minimum Gasteiger partial charge on any atom is -0.341 e. The molecule has 1 saturated carbocycles. The van der Waals surface area contributed by atoms with Gasteiger partial charge in [0.2, 0.25) is 5.91 Å². The van der Waals surface area contributed by atoms with Crippen LogP contribution < -0.4 is 0 Å². The summed E-state index contributed by atoms with van der Waals surface area (Å²) in [4.78, 5) is 13.5. The quantitative estimate of drug-likeness (QED) is 0.837. The Morgan fingerprint density at radius 3 is 2.81 bits per heavy atom. The fourth-order valence-corrected chi connectivity index (χ4v) is 2.18. The molecular formula is C12H13BrClNO. The molecule has 1 aliphatic carbocycles. The second-order valence-electron chi connectivity index (χ2n) is 4.22. The molecule has 16 heavy (non-hydrogen) atoms. The van der Waals surface area contributed by atoms with Crippen molar-refractivity contribution in [2.75, 3.05) is 7.05 Å². The topological polar surface area (TPSA) is 20.3 Å². The number of amides is 1. The van der Waals surface area contributed by atoms with Gasteiger partial charge in [-0.3, -0.25) is 4.79 Å². The molecule has 1 aliphatic rings. The zero-order valence-electron chi connectivity index (χ0n) is 9.04. The summed E-state index contributed by atoms with van der Waals surface area (Å²) in [6, 6.07) is 5.75. The molecule has 0 unspecified atom stereocenters. The fourth-order valence-electron chi connectivity index (χ4n) is 1.63.